The average Bonchev–Trinajstić information content (AvgIpc) is 3.37. The first kappa shape index (κ1) is 18.7. The summed E-state index contributed by atoms with van der Waals surface area (Å²) in [5.41, 5.74) is 7.23. The maximum absolute atomic E-state index is 3.57. The second-order valence-electron chi connectivity index (χ2n) is 8.40. The first-order valence-electron chi connectivity index (χ1n) is 11.1. The third-order valence-electron chi connectivity index (χ3n) is 6.58. The van der Waals surface area contributed by atoms with Crippen molar-refractivity contribution in [3.63, 3.8) is 0 Å². The van der Waals surface area contributed by atoms with Crippen LogP contribution in [0.4, 0.5) is 0 Å². The van der Waals surface area contributed by atoms with Crippen LogP contribution in [0.25, 0.3) is 55.0 Å². The van der Waals surface area contributed by atoms with Crippen molar-refractivity contribution >= 4 is 59.5 Å². The normalized spacial score (nSPS) is 11.8. The highest BCUT2D eigenvalue weighted by Gasteiger charge is 2.15. The third kappa shape index (κ3) is 2.73. The highest BCUT2D eigenvalue weighted by Crippen LogP contribution is 2.36. The minimum absolute atomic E-state index is 1.08. The number of benzene rings is 5. The summed E-state index contributed by atoms with van der Waals surface area (Å²) < 4.78 is 5.82. The van der Waals surface area contributed by atoms with E-state index >= 15 is 0 Å². The minimum atomic E-state index is 1.08. The molecule has 0 N–H and O–H groups in total. The molecule has 0 atom stereocenters. The van der Waals surface area contributed by atoms with E-state index in [9.17, 15) is 0 Å². The van der Waals surface area contributed by atoms with Crippen LogP contribution in [0.5, 0.6) is 0 Å². The van der Waals surface area contributed by atoms with Gasteiger partial charge in [-0.25, -0.2) is 0 Å². The summed E-state index contributed by atoms with van der Waals surface area (Å²) in [5, 5.41) is 5.09. The van der Waals surface area contributed by atoms with Gasteiger partial charge >= 0.3 is 0 Å². The Kier molecular flexibility index (Phi) is 4.02. The number of rotatable bonds is 2. The van der Waals surface area contributed by atoms with Gasteiger partial charge in [0.2, 0.25) is 0 Å². The van der Waals surface area contributed by atoms with Crippen LogP contribution in [0.3, 0.4) is 0 Å². The van der Waals surface area contributed by atoms with E-state index in [0.717, 1.165) is 10.2 Å². The average molecular weight is 487 g/mol. The second kappa shape index (κ2) is 7.09. The van der Waals surface area contributed by atoms with Gasteiger partial charge in [-0.3, -0.25) is 0 Å². The SMILES string of the molecule is Brc1ccc(-n2c3ccccc3c3cc(-n4c5ccccc5c5ccccc54)ccc32)cc1. The van der Waals surface area contributed by atoms with E-state index < -0.39 is 0 Å². The Morgan fingerprint density at radius 2 is 0.818 bits per heavy atom. The van der Waals surface area contributed by atoms with Crippen LogP contribution in [0.1, 0.15) is 0 Å². The fourth-order valence-electron chi connectivity index (χ4n) is 5.17. The molecular formula is C30H19BrN2. The molecule has 0 saturated heterocycles. The summed E-state index contributed by atoms with van der Waals surface area (Å²) in [4.78, 5) is 0. The maximum Gasteiger partial charge on any atom is 0.0542 e. The van der Waals surface area contributed by atoms with Gasteiger partial charge in [-0.1, -0.05) is 70.5 Å². The molecule has 0 fully saturated rings. The molecule has 2 aromatic heterocycles. The van der Waals surface area contributed by atoms with Gasteiger partial charge in [0, 0.05) is 37.4 Å². The lowest BCUT2D eigenvalue weighted by Crippen LogP contribution is -1.95. The van der Waals surface area contributed by atoms with Crippen molar-refractivity contribution in [3.8, 4) is 11.4 Å². The molecule has 0 aliphatic carbocycles. The van der Waals surface area contributed by atoms with E-state index in [4.69, 9.17) is 0 Å². The zero-order chi connectivity index (χ0) is 21.9. The van der Waals surface area contributed by atoms with E-state index in [1.807, 2.05) is 0 Å². The van der Waals surface area contributed by atoms with E-state index in [2.05, 4.69) is 140 Å². The van der Waals surface area contributed by atoms with Gasteiger partial charge in [0.1, 0.15) is 0 Å². The van der Waals surface area contributed by atoms with Gasteiger partial charge in [0.25, 0.3) is 0 Å². The number of aromatic nitrogens is 2. The number of hydrogen-bond donors (Lipinski definition) is 0. The van der Waals surface area contributed by atoms with Crippen molar-refractivity contribution in [1.82, 2.24) is 9.13 Å². The van der Waals surface area contributed by atoms with E-state index in [0.29, 0.717) is 0 Å². The molecule has 0 aliphatic heterocycles. The zero-order valence-corrected chi connectivity index (χ0v) is 19.3. The van der Waals surface area contributed by atoms with Gasteiger partial charge in [-0.2, -0.15) is 0 Å². The molecule has 5 aromatic carbocycles. The lowest BCUT2D eigenvalue weighted by Gasteiger charge is -2.10. The van der Waals surface area contributed by atoms with Gasteiger partial charge in [-0.15, -0.1) is 0 Å². The predicted molar refractivity (Wildman–Crippen MR) is 143 cm³/mol. The third-order valence-corrected chi connectivity index (χ3v) is 7.11. The minimum Gasteiger partial charge on any atom is -0.309 e. The quantitative estimate of drug-likeness (QED) is 0.231. The molecule has 3 heteroatoms. The fraction of sp³-hybridized carbons (Fsp3) is 0. The van der Waals surface area contributed by atoms with Crippen LogP contribution in [-0.2, 0) is 0 Å². The number of halogens is 1. The van der Waals surface area contributed by atoms with Gasteiger partial charge < -0.3 is 9.13 Å². The summed E-state index contributed by atoms with van der Waals surface area (Å²) in [6.45, 7) is 0. The molecule has 0 unspecified atom stereocenters. The summed E-state index contributed by atoms with van der Waals surface area (Å²) >= 11 is 3.57. The Bertz CT molecular complexity index is 1770. The topological polar surface area (TPSA) is 9.86 Å². The summed E-state index contributed by atoms with van der Waals surface area (Å²) in [7, 11) is 0. The molecule has 7 aromatic rings. The molecule has 0 radical (unpaired) electrons. The molecule has 0 amide bonds. The van der Waals surface area contributed by atoms with Crippen molar-refractivity contribution in [2.24, 2.45) is 0 Å². The first-order chi connectivity index (χ1) is 16.3. The molecule has 2 nitrogen and oxygen atoms in total. The van der Waals surface area contributed by atoms with E-state index in [1.165, 1.54) is 49.3 Å². The van der Waals surface area contributed by atoms with Crippen LogP contribution in [0, 0.1) is 0 Å². The molecule has 0 saturated carbocycles. The smallest absolute Gasteiger partial charge is 0.0542 e. The lowest BCUT2D eigenvalue weighted by molar-refractivity contribution is 1.16. The van der Waals surface area contributed by atoms with Crippen molar-refractivity contribution in [1.29, 1.82) is 0 Å². The van der Waals surface area contributed by atoms with Crippen molar-refractivity contribution in [2.45, 2.75) is 0 Å². The number of nitrogens with zero attached hydrogens (tertiary/aromatic N) is 2. The van der Waals surface area contributed by atoms with Gasteiger partial charge in [0.15, 0.2) is 0 Å². The standard InChI is InChI=1S/C30H19BrN2/c31-20-13-15-21(16-14-20)32-29-12-6-3-9-25(29)26-19-22(17-18-30(26)32)33-27-10-4-1-7-23(27)24-8-2-5-11-28(24)33/h1-19H. The molecule has 0 aliphatic rings. The molecule has 7 rings (SSSR count). The number of fused-ring (bicyclic) bond motifs is 6. The van der Waals surface area contributed by atoms with Crippen molar-refractivity contribution < 1.29 is 0 Å². The molecule has 2 heterocycles. The Hall–Kier alpha value is -3.82. The lowest BCUT2D eigenvalue weighted by atomic mass is 10.1. The molecule has 0 bridgehead atoms. The summed E-state index contributed by atoms with van der Waals surface area (Å²) in [5.74, 6) is 0. The van der Waals surface area contributed by atoms with Crippen LogP contribution in [0.2, 0.25) is 0 Å². The largest absolute Gasteiger partial charge is 0.309 e. The molecule has 33 heavy (non-hydrogen) atoms. The predicted octanol–water partition coefficient (Wildman–Crippen LogP) is 8.64. The number of hydrogen-bond acceptors (Lipinski definition) is 0. The fourth-order valence-corrected chi connectivity index (χ4v) is 5.43. The Morgan fingerprint density at radius 1 is 0.394 bits per heavy atom. The molecular weight excluding hydrogens is 468 g/mol. The monoisotopic (exact) mass is 486 g/mol. The zero-order valence-electron chi connectivity index (χ0n) is 17.7. The van der Waals surface area contributed by atoms with Crippen LogP contribution < -0.4 is 0 Å². The molecule has 0 spiro atoms. The number of para-hydroxylation sites is 3. The van der Waals surface area contributed by atoms with Crippen molar-refractivity contribution in [3.05, 3.63) is 120 Å². The van der Waals surface area contributed by atoms with Gasteiger partial charge in [-0.05, 0) is 60.7 Å². The van der Waals surface area contributed by atoms with Crippen molar-refractivity contribution in [2.75, 3.05) is 0 Å². The van der Waals surface area contributed by atoms with Crippen LogP contribution in [0.15, 0.2) is 120 Å². The Balaban J connectivity index is 1.57. The van der Waals surface area contributed by atoms with Crippen LogP contribution >= 0.6 is 15.9 Å². The molecule has 156 valence electrons. The Morgan fingerprint density at radius 3 is 1.39 bits per heavy atom. The second-order valence-corrected chi connectivity index (χ2v) is 9.32. The van der Waals surface area contributed by atoms with Gasteiger partial charge in [0.05, 0.1) is 22.1 Å². The summed E-state index contributed by atoms with van der Waals surface area (Å²) in [6, 6.07) is 41.4. The Labute approximate surface area is 199 Å². The van der Waals surface area contributed by atoms with Crippen LogP contribution in [-0.4, -0.2) is 9.13 Å². The summed E-state index contributed by atoms with van der Waals surface area (Å²) in [6.07, 6.45) is 0. The van der Waals surface area contributed by atoms with E-state index in [-0.39, 0.29) is 0 Å². The highest BCUT2D eigenvalue weighted by molar-refractivity contribution is 9.10. The highest BCUT2D eigenvalue weighted by atomic mass is 79.9. The first-order valence-corrected chi connectivity index (χ1v) is 11.9. The maximum atomic E-state index is 3.57. The van der Waals surface area contributed by atoms with E-state index in [1.54, 1.807) is 0 Å².